The number of anilines is 2. The zero-order chi connectivity index (χ0) is 22.5. The molecule has 0 aliphatic carbocycles. The zero-order valence-corrected chi connectivity index (χ0v) is 18.5. The van der Waals surface area contributed by atoms with E-state index in [1.165, 1.54) is 5.69 Å². The number of fused-ring (bicyclic) bond motifs is 1. The van der Waals surface area contributed by atoms with Crippen LogP contribution < -0.4 is 15.1 Å². The largest absolute Gasteiger partial charge is 0.368 e. The molecule has 1 saturated heterocycles. The van der Waals surface area contributed by atoms with Crippen LogP contribution in [-0.4, -0.2) is 61.9 Å². The van der Waals surface area contributed by atoms with Gasteiger partial charge in [0.2, 0.25) is 17.7 Å². The van der Waals surface area contributed by atoms with Crippen molar-refractivity contribution in [1.82, 2.24) is 10.2 Å². The Kier molecular flexibility index (Phi) is 6.73. The lowest BCUT2D eigenvalue weighted by atomic mass is 9.96. The Morgan fingerprint density at radius 2 is 1.62 bits per heavy atom. The fourth-order valence-corrected chi connectivity index (χ4v) is 4.57. The Hall–Kier alpha value is -3.35. The van der Waals surface area contributed by atoms with Crippen LogP contribution in [0, 0.1) is 0 Å². The Morgan fingerprint density at radius 1 is 0.938 bits per heavy atom. The van der Waals surface area contributed by atoms with E-state index in [0.717, 1.165) is 24.3 Å². The molecule has 0 spiro atoms. The predicted octanol–water partition coefficient (Wildman–Crippen LogP) is 2.38. The Balaban J connectivity index is 1.20. The molecule has 2 aromatic carbocycles. The number of amides is 3. The maximum absolute atomic E-state index is 12.5. The van der Waals surface area contributed by atoms with Crippen LogP contribution in [0.25, 0.3) is 0 Å². The van der Waals surface area contributed by atoms with Crippen molar-refractivity contribution in [2.45, 2.75) is 25.7 Å². The first kappa shape index (κ1) is 21.9. The number of piperazine rings is 1. The van der Waals surface area contributed by atoms with Gasteiger partial charge in [-0.25, -0.2) is 0 Å². The van der Waals surface area contributed by atoms with E-state index in [9.17, 15) is 14.4 Å². The molecule has 7 nitrogen and oxygen atoms in total. The third-order valence-corrected chi connectivity index (χ3v) is 6.36. The van der Waals surface area contributed by atoms with E-state index in [1.807, 2.05) is 47.4 Å². The van der Waals surface area contributed by atoms with Crippen LogP contribution in [0.3, 0.4) is 0 Å². The van der Waals surface area contributed by atoms with Crippen molar-refractivity contribution in [3.63, 3.8) is 0 Å². The van der Waals surface area contributed by atoms with E-state index < -0.39 is 0 Å². The minimum absolute atomic E-state index is 0.0161. The zero-order valence-electron chi connectivity index (χ0n) is 18.5. The quantitative estimate of drug-likeness (QED) is 0.758. The number of nitrogens with zero attached hydrogens (tertiary/aromatic N) is 3. The van der Waals surface area contributed by atoms with Gasteiger partial charge in [-0.2, -0.15) is 0 Å². The summed E-state index contributed by atoms with van der Waals surface area (Å²) in [6.07, 6.45) is 0.983. The van der Waals surface area contributed by atoms with Gasteiger partial charge in [-0.15, -0.1) is 0 Å². The standard InChI is InChI=1S/C25H30N4O3/c1-19(30)29-18-20(22-9-5-6-10-23(22)29)11-12-24(31)26-17-25(32)28-15-13-27(14-16-28)21-7-3-2-4-8-21/h2-10,20H,11-18H2,1H3,(H,26,31). The molecular weight excluding hydrogens is 404 g/mol. The maximum atomic E-state index is 12.5. The first-order valence-corrected chi connectivity index (χ1v) is 11.2. The second-order valence-electron chi connectivity index (χ2n) is 8.40. The fourth-order valence-electron chi connectivity index (χ4n) is 4.57. The van der Waals surface area contributed by atoms with E-state index >= 15 is 0 Å². The summed E-state index contributed by atoms with van der Waals surface area (Å²) in [4.78, 5) is 42.7. The first-order chi connectivity index (χ1) is 15.5. The highest BCUT2D eigenvalue weighted by molar-refractivity contribution is 5.94. The van der Waals surface area contributed by atoms with Gasteiger partial charge in [-0.05, 0) is 30.2 Å². The predicted molar refractivity (Wildman–Crippen MR) is 125 cm³/mol. The smallest absolute Gasteiger partial charge is 0.242 e. The summed E-state index contributed by atoms with van der Waals surface area (Å²) in [5.41, 5.74) is 3.22. The highest BCUT2D eigenvalue weighted by Gasteiger charge is 2.30. The summed E-state index contributed by atoms with van der Waals surface area (Å²) < 4.78 is 0. The summed E-state index contributed by atoms with van der Waals surface area (Å²) in [6.45, 7) is 5.09. The number of benzene rings is 2. The van der Waals surface area contributed by atoms with Crippen LogP contribution in [0.5, 0.6) is 0 Å². The van der Waals surface area contributed by atoms with Crippen molar-refractivity contribution in [1.29, 1.82) is 0 Å². The van der Waals surface area contributed by atoms with Gasteiger partial charge in [0.25, 0.3) is 0 Å². The molecule has 7 heteroatoms. The number of carbonyl (C=O) groups excluding carboxylic acids is 3. The molecule has 1 unspecified atom stereocenters. The monoisotopic (exact) mass is 434 g/mol. The van der Waals surface area contributed by atoms with Crippen molar-refractivity contribution in [3.8, 4) is 0 Å². The highest BCUT2D eigenvalue weighted by Crippen LogP contribution is 2.38. The van der Waals surface area contributed by atoms with Crippen molar-refractivity contribution >= 4 is 29.1 Å². The van der Waals surface area contributed by atoms with Crippen molar-refractivity contribution in [2.75, 3.05) is 49.1 Å². The second kappa shape index (κ2) is 9.85. The van der Waals surface area contributed by atoms with Crippen LogP contribution in [0.4, 0.5) is 11.4 Å². The molecule has 2 aliphatic heterocycles. The molecule has 1 atom stereocenters. The fraction of sp³-hybridized carbons (Fsp3) is 0.400. The van der Waals surface area contributed by atoms with Crippen LogP contribution in [0.1, 0.15) is 31.2 Å². The van der Waals surface area contributed by atoms with Gasteiger partial charge in [0.15, 0.2) is 0 Å². The molecule has 1 fully saturated rings. The van der Waals surface area contributed by atoms with E-state index in [1.54, 1.807) is 11.8 Å². The van der Waals surface area contributed by atoms with Gasteiger partial charge in [-0.1, -0.05) is 36.4 Å². The lowest BCUT2D eigenvalue weighted by molar-refractivity contribution is -0.133. The number of nitrogens with one attached hydrogen (secondary N) is 1. The average molecular weight is 435 g/mol. The van der Waals surface area contributed by atoms with Gasteiger partial charge in [0.05, 0.1) is 6.54 Å². The Bertz CT molecular complexity index is 970. The molecule has 168 valence electrons. The third-order valence-electron chi connectivity index (χ3n) is 6.36. The Morgan fingerprint density at radius 3 is 2.34 bits per heavy atom. The molecule has 1 N–H and O–H groups in total. The number of carbonyl (C=O) groups is 3. The molecule has 2 heterocycles. The number of para-hydroxylation sites is 2. The van der Waals surface area contributed by atoms with Gasteiger partial charge < -0.3 is 20.0 Å². The van der Waals surface area contributed by atoms with E-state index in [0.29, 0.717) is 32.5 Å². The molecule has 2 aromatic rings. The molecule has 0 bridgehead atoms. The molecule has 0 radical (unpaired) electrons. The van der Waals surface area contributed by atoms with Crippen LogP contribution >= 0.6 is 0 Å². The van der Waals surface area contributed by atoms with Gasteiger partial charge >= 0.3 is 0 Å². The lowest BCUT2D eigenvalue weighted by Crippen LogP contribution is -2.51. The molecule has 2 aliphatic rings. The minimum Gasteiger partial charge on any atom is -0.368 e. The van der Waals surface area contributed by atoms with Crippen LogP contribution in [-0.2, 0) is 14.4 Å². The van der Waals surface area contributed by atoms with Crippen LogP contribution in [0.2, 0.25) is 0 Å². The summed E-state index contributed by atoms with van der Waals surface area (Å²) in [6, 6.07) is 18.1. The summed E-state index contributed by atoms with van der Waals surface area (Å²) in [5.74, 6) is -0.00923. The minimum atomic E-state index is -0.125. The normalized spacial score (nSPS) is 17.8. The summed E-state index contributed by atoms with van der Waals surface area (Å²) in [7, 11) is 0. The second-order valence-corrected chi connectivity index (χ2v) is 8.40. The number of rotatable bonds is 6. The van der Waals surface area contributed by atoms with Gasteiger partial charge in [-0.3, -0.25) is 14.4 Å². The van der Waals surface area contributed by atoms with Crippen molar-refractivity contribution in [3.05, 3.63) is 60.2 Å². The summed E-state index contributed by atoms with van der Waals surface area (Å²) in [5, 5.41) is 2.78. The molecule has 0 aromatic heterocycles. The third kappa shape index (κ3) is 4.93. The highest BCUT2D eigenvalue weighted by atomic mass is 16.2. The number of hydrogen-bond acceptors (Lipinski definition) is 4. The first-order valence-electron chi connectivity index (χ1n) is 11.2. The van der Waals surface area contributed by atoms with E-state index in [4.69, 9.17) is 0 Å². The molecule has 4 rings (SSSR count). The Labute approximate surface area is 189 Å². The molecular formula is C25H30N4O3. The van der Waals surface area contributed by atoms with E-state index in [-0.39, 0.29) is 30.2 Å². The van der Waals surface area contributed by atoms with Crippen LogP contribution in [0.15, 0.2) is 54.6 Å². The number of hydrogen-bond donors (Lipinski definition) is 1. The summed E-state index contributed by atoms with van der Waals surface area (Å²) >= 11 is 0. The topological polar surface area (TPSA) is 73.0 Å². The molecule has 0 saturated carbocycles. The SMILES string of the molecule is CC(=O)N1CC(CCC(=O)NCC(=O)N2CCN(c3ccccc3)CC2)c2ccccc21. The van der Waals surface area contributed by atoms with E-state index in [2.05, 4.69) is 22.3 Å². The van der Waals surface area contributed by atoms with Gasteiger partial charge in [0, 0.05) is 63.4 Å². The lowest BCUT2D eigenvalue weighted by Gasteiger charge is -2.36. The van der Waals surface area contributed by atoms with Crippen molar-refractivity contribution < 1.29 is 14.4 Å². The van der Waals surface area contributed by atoms with Crippen molar-refractivity contribution in [2.24, 2.45) is 0 Å². The average Bonchev–Trinajstić information content (AvgIpc) is 3.21. The van der Waals surface area contributed by atoms with Gasteiger partial charge in [0.1, 0.15) is 0 Å². The molecule has 3 amide bonds. The molecule has 32 heavy (non-hydrogen) atoms. The maximum Gasteiger partial charge on any atom is 0.242 e.